The van der Waals surface area contributed by atoms with Gasteiger partial charge in [-0.1, -0.05) is 32.4 Å². The van der Waals surface area contributed by atoms with E-state index in [1.165, 1.54) is 5.56 Å². The van der Waals surface area contributed by atoms with Gasteiger partial charge in [-0.2, -0.15) is 0 Å². The predicted molar refractivity (Wildman–Crippen MR) is 75.6 cm³/mol. The molecule has 102 valence electrons. The maximum Gasteiger partial charge on any atom is 0.178 e. The van der Waals surface area contributed by atoms with Gasteiger partial charge in [0.15, 0.2) is 9.84 Å². The molecule has 1 aromatic rings. The average Bonchev–Trinajstić information content (AvgIpc) is 2.39. The Morgan fingerprint density at radius 1 is 1.17 bits per heavy atom. The van der Waals surface area contributed by atoms with Crippen LogP contribution in [-0.4, -0.2) is 27.3 Å². The molecular weight excluding hydrogens is 246 g/mol. The van der Waals surface area contributed by atoms with E-state index in [0.717, 1.165) is 19.3 Å². The van der Waals surface area contributed by atoms with Crippen LogP contribution in [0, 0.1) is 0 Å². The molecule has 0 bridgehead atoms. The molecule has 0 saturated heterocycles. The number of hydrogen-bond donors (Lipinski definition) is 1. The van der Waals surface area contributed by atoms with Gasteiger partial charge >= 0.3 is 0 Å². The molecule has 0 fully saturated rings. The van der Waals surface area contributed by atoms with Crippen LogP contribution in [0.25, 0.3) is 0 Å². The van der Waals surface area contributed by atoms with E-state index in [4.69, 9.17) is 0 Å². The lowest BCUT2D eigenvalue weighted by atomic mass is 10.0. The van der Waals surface area contributed by atoms with Crippen LogP contribution in [0.1, 0.15) is 32.3 Å². The summed E-state index contributed by atoms with van der Waals surface area (Å²) in [5.74, 6) is 0.154. The second-order valence-electron chi connectivity index (χ2n) is 4.53. The molecule has 1 rings (SSSR count). The van der Waals surface area contributed by atoms with Crippen LogP contribution in [0.15, 0.2) is 29.2 Å². The fourth-order valence-electron chi connectivity index (χ4n) is 1.98. The van der Waals surface area contributed by atoms with Gasteiger partial charge in [-0.05, 0) is 37.6 Å². The van der Waals surface area contributed by atoms with Crippen molar-refractivity contribution < 1.29 is 8.42 Å². The third-order valence-electron chi connectivity index (χ3n) is 3.19. The molecule has 0 amide bonds. The molecule has 4 heteroatoms. The van der Waals surface area contributed by atoms with Crippen molar-refractivity contribution in [1.82, 2.24) is 5.32 Å². The average molecular weight is 269 g/mol. The van der Waals surface area contributed by atoms with Gasteiger partial charge in [0.25, 0.3) is 0 Å². The van der Waals surface area contributed by atoms with Crippen LogP contribution >= 0.6 is 0 Å². The Labute approximate surface area is 111 Å². The Morgan fingerprint density at radius 2 is 1.78 bits per heavy atom. The van der Waals surface area contributed by atoms with Crippen LogP contribution in [0.3, 0.4) is 0 Å². The molecule has 1 atom stereocenters. The van der Waals surface area contributed by atoms with Crippen LogP contribution in [0.5, 0.6) is 0 Å². The largest absolute Gasteiger partial charge is 0.317 e. The number of hydrogen-bond acceptors (Lipinski definition) is 3. The highest BCUT2D eigenvalue weighted by Gasteiger charge is 2.11. The summed E-state index contributed by atoms with van der Waals surface area (Å²) in [6, 6.07) is 7.73. The summed E-state index contributed by atoms with van der Waals surface area (Å²) in [6.07, 6.45) is 3.22. The maximum atomic E-state index is 11.7. The van der Waals surface area contributed by atoms with Crippen LogP contribution < -0.4 is 5.32 Å². The summed E-state index contributed by atoms with van der Waals surface area (Å²) in [6.45, 7) is 3.84. The van der Waals surface area contributed by atoms with Gasteiger partial charge in [0.2, 0.25) is 0 Å². The highest BCUT2D eigenvalue weighted by molar-refractivity contribution is 7.91. The minimum Gasteiger partial charge on any atom is -0.317 e. The minimum atomic E-state index is -3.07. The van der Waals surface area contributed by atoms with Crippen molar-refractivity contribution in [3.63, 3.8) is 0 Å². The van der Waals surface area contributed by atoms with Gasteiger partial charge in [-0.25, -0.2) is 8.42 Å². The topological polar surface area (TPSA) is 46.2 Å². The van der Waals surface area contributed by atoms with Gasteiger partial charge in [0.05, 0.1) is 10.6 Å². The van der Waals surface area contributed by atoms with Crippen molar-refractivity contribution in [2.75, 3.05) is 12.8 Å². The van der Waals surface area contributed by atoms with E-state index in [2.05, 4.69) is 12.2 Å². The monoisotopic (exact) mass is 269 g/mol. The molecule has 3 nitrogen and oxygen atoms in total. The molecule has 0 aliphatic heterocycles. The zero-order valence-corrected chi connectivity index (χ0v) is 12.3. The first-order chi connectivity index (χ1) is 8.53. The van der Waals surface area contributed by atoms with Gasteiger partial charge in [0, 0.05) is 6.04 Å². The minimum absolute atomic E-state index is 0.154. The molecule has 0 aliphatic carbocycles. The van der Waals surface area contributed by atoms with E-state index in [1.807, 2.05) is 19.2 Å². The van der Waals surface area contributed by atoms with Crippen molar-refractivity contribution >= 4 is 9.84 Å². The molecule has 18 heavy (non-hydrogen) atoms. The predicted octanol–water partition coefficient (Wildman–Crippen LogP) is 2.41. The SMILES string of the molecule is CCCC(Cc1ccc(S(=O)(=O)CC)cc1)NC. The molecule has 0 spiro atoms. The third-order valence-corrected chi connectivity index (χ3v) is 4.94. The second-order valence-corrected chi connectivity index (χ2v) is 6.80. The van der Waals surface area contributed by atoms with E-state index in [9.17, 15) is 8.42 Å². The van der Waals surface area contributed by atoms with Gasteiger partial charge in [0.1, 0.15) is 0 Å². The van der Waals surface area contributed by atoms with Crippen molar-refractivity contribution in [1.29, 1.82) is 0 Å². The lowest BCUT2D eigenvalue weighted by molar-refractivity contribution is 0.513. The standard InChI is InChI=1S/C14H23NO2S/c1-4-6-13(15-3)11-12-7-9-14(10-8-12)18(16,17)5-2/h7-10,13,15H,4-6,11H2,1-3H3. The number of rotatable bonds is 7. The Kier molecular flexibility index (Phi) is 5.82. The molecule has 1 aromatic carbocycles. The number of likely N-dealkylation sites (N-methyl/N-ethyl adjacent to an activating group) is 1. The Hall–Kier alpha value is -0.870. The molecule has 0 heterocycles. The second kappa shape index (κ2) is 6.90. The first kappa shape index (κ1) is 15.2. The molecule has 0 radical (unpaired) electrons. The fourth-order valence-corrected chi connectivity index (χ4v) is 2.87. The van der Waals surface area contributed by atoms with E-state index in [1.54, 1.807) is 19.1 Å². The summed E-state index contributed by atoms with van der Waals surface area (Å²) < 4.78 is 23.4. The summed E-state index contributed by atoms with van der Waals surface area (Å²) in [7, 11) is -1.11. The fraction of sp³-hybridized carbons (Fsp3) is 0.571. The van der Waals surface area contributed by atoms with Gasteiger partial charge in [-0.15, -0.1) is 0 Å². The summed E-state index contributed by atoms with van der Waals surface area (Å²) >= 11 is 0. The first-order valence-corrected chi connectivity index (χ1v) is 8.17. The molecule has 0 aliphatic rings. The molecule has 0 aromatic heterocycles. The van der Waals surface area contributed by atoms with Crippen molar-refractivity contribution in [2.24, 2.45) is 0 Å². The van der Waals surface area contributed by atoms with Crippen molar-refractivity contribution in [2.45, 2.75) is 44.0 Å². The van der Waals surface area contributed by atoms with Crippen molar-refractivity contribution in [3.8, 4) is 0 Å². The maximum absolute atomic E-state index is 11.7. The zero-order chi connectivity index (χ0) is 13.6. The quantitative estimate of drug-likeness (QED) is 0.827. The third kappa shape index (κ3) is 4.10. The van der Waals surface area contributed by atoms with E-state index in [-0.39, 0.29) is 5.75 Å². The van der Waals surface area contributed by atoms with E-state index < -0.39 is 9.84 Å². The highest BCUT2D eigenvalue weighted by atomic mass is 32.2. The number of sulfone groups is 1. The van der Waals surface area contributed by atoms with Crippen LogP contribution in [-0.2, 0) is 16.3 Å². The lowest BCUT2D eigenvalue weighted by Crippen LogP contribution is -2.27. The van der Waals surface area contributed by atoms with Gasteiger partial charge in [-0.3, -0.25) is 0 Å². The molecule has 0 saturated carbocycles. The molecule has 1 N–H and O–H groups in total. The number of benzene rings is 1. The summed E-state index contributed by atoms with van der Waals surface area (Å²) in [5, 5.41) is 3.29. The van der Waals surface area contributed by atoms with E-state index >= 15 is 0 Å². The number of nitrogens with one attached hydrogen (secondary N) is 1. The van der Waals surface area contributed by atoms with Gasteiger partial charge < -0.3 is 5.32 Å². The Morgan fingerprint density at radius 3 is 2.22 bits per heavy atom. The normalized spacial score (nSPS) is 13.5. The zero-order valence-electron chi connectivity index (χ0n) is 11.4. The summed E-state index contributed by atoms with van der Waals surface area (Å²) in [4.78, 5) is 0.422. The molecular formula is C14H23NO2S. The first-order valence-electron chi connectivity index (χ1n) is 6.52. The Balaban J connectivity index is 2.77. The highest BCUT2D eigenvalue weighted by Crippen LogP contribution is 2.14. The smallest absolute Gasteiger partial charge is 0.178 e. The summed E-state index contributed by atoms with van der Waals surface area (Å²) in [5.41, 5.74) is 1.18. The van der Waals surface area contributed by atoms with Crippen molar-refractivity contribution in [3.05, 3.63) is 29.8 Å². The lowest BCUT2D eigenvalue weighted by Gasteiger charge is -2.15. The van der Waals surface area contributed by atoms with Crippen LogP contribution in [0.2, 0.25) is 0 Å². The van der Waals surface area contributed by atoms with Crippen LogP contribution in [0.4, 0.5) is 0 Å². The van der Waals surface area contributed by atoms with E-state index in [0.29, 0.717) is 10.9 Å². The Bertz CT molecular complexity index is 451. The molecule has 1 unspecified atom stereocenters.